The normalized spacial score (nSPS) is 19.0. The SMILES string of the molecule is CC(C(=O)N1CCCCCC1)N(C)CC#N. The number of carbonyl (C=O) groups excluding carboxylic acids is 1. The Labute approximate surface area is 97.8 Å². The lowest BCUT2D eigenvalue weighted by atomic mass is 10.2. The molecule has 4 nitrogen and oxygen atoms in total. The van der Waals surface area contributed by atoms with Crippen LogP contribution in [0.1, 0.15) is 32.6 Å². The van der Waals surface area contributed by atoms with Crippen LogP contribution in [0.3, 0.4) is 0 Å². The maximum Gasteiger partial charge on any atom is 0.239 e. The third kappa shape index (κ3) is 3.49. The van der Waals surface area contributed by atoms with E-state index in [0.717, 1.165) is 25.9 Å². The first-order chi connectivity index (χ1) is 7.66. The van der Waals surface area contributed by atoms with Gasteiger partial charge in [-0.1, -0.05) is 12.8 Å². The summed E-state index contributed by atoms with van der Waals surface area (Å²) in [5, 5.41) is 8.61. The molecule has 1 saturated heterocycles. The van der Waals surface area contributed by atoms with E-state index < -0.39 is 0 Å². The molecule has 16 heavy (non-hydrogen) atoms. The van der Waals surface area contributed by atoms with E-state index in [9.17, 15) is 4.79 Å². The summed E-state index contributed by atoms with van der Waals surface area (Å²) in [6.07, 6.45) is 4.68. The predicted molar refractivity (Wildman–Crippen MR) is 62.8 cm³/mol. The van der Waals surface area contributed by atoms with Gasteiger partial charge in [-0.15, -0.1) is 0 Å². The maximum atomic E-state index is 12.1. The van der Waals surface area contributed by atoms with Crippen molar-refractivity contribution in [3.63, 3.8) is 0 Å². The largest absolute Gasteiger partial charge is 0.341 e. The third-order valence-corrected chi connectivity index (χ3v) is 3.26. The molecule has 0 radical (unpaired) electrons. The minimum Gasteiger partial charge on any atom is -0.341 e. The van der Waals surface area contributed by atoms with Crippen LogP contribution in [0.5, 0.6) is 0 Å². The lowest BCUT2D eigenvalue weighted by Crippen LogP contribution is -2.46. The summed E-state index contributed by atoms with van der Waals surface area (Å²) in [6.45, 7) is 3.94. The van der Waals surface area contributed by atoms with Crippen LogP contribution in [0.4, 0.5) is 0 Å². The highest BCUT2D eigenvalue weighted by Crippen LogP contribution is 2.12. The molecule has 1 aliphatic rings. The predicted octanol–water partition coefficient (Wildman–Crippen LogP) is 1.23. The molecular weight excluding hydrogens is 202 g/mol. The zero-order chi connectivity index (χ0) is 12.0. The highest BCUT2D eigenvalue weighted by atomic mass is 16.2. The number of likely N-dealkylation sites (tertiary alicyclic amines) is 1. The molecule has 1 atom stereocenters. The smallest absolute Gasteiger partial charge is 0.239 e. The molecule has 1 fully saturated rings. The second-order valence-corrected chi connectivity index (χ2v) is 4.49. The van der Waals surface area contributed by atoms with Gasteiger partial charge in [0.05, 0.1) is 18.7 Å². The molecular formula is C12H21N3O. The summed E-state index contributed by atoms with van der Waals surface area (Å²) in [5.41, 5.74) is 0. The first kappa shape index (κ1) is 13.0. The molecule has 0 aromatic heterocycles. The van der Waals surface area contributed by atoms with Gasteiger partial charge in [-0.3, -0.25) is 9.69 Å². The zero-order valence-electron chi connectivity index (χ0n) is 10.3. The van der Waals surface area contributed by atoms with Crippen molar-refractivity contribution in [2.24, 2.45) is 0 Å². The number of hydrogen-bond donors (Lipinski definition) is 0. The van der Waals surface area contributed by atoms with Gasteiger partial charge >= 0.3 is 0 Å². The average molecular weight is 223 g/mol. The van der Waals surface area contributed by atoms with E-state index in [4.69, 9.17) is 5.26 Å². The molecule has 0 aromatic carbocycles. The molecule has 1 unspecified atom stereocenters. The molecule has 90 valence electrons. The second-order valence-electron chi connectivity index (χ2n) is 4.49. The Balaban J connectivity index is 2.51. The lowest BCUT2D eigenvalue weighted by molar-refractivity contribution is -0.135. The van der Waals surface area contributed by atoms with Crippen LogP contribution in [0.2, 0.25) is 0 Å². The first-order valence-electron chi connectivity index (χ1n) is 6.03. The van der Waals surface area contributed by atoms with Crippen molar-refractivity contribution < 1.29 is 4.79 Å². The minimum atomic E-state index is -0.183. The van der Waals surface area contributed by atoms with Gasteiger partial charge < -0.3 is 4.90 Å². The summed E-state index contributed by atoms with van der Waals surface area (Å²) in [4.78, 5) is 15.9. The Hall–Kier alpha value is -1.08. The van der Waals surface area contributed by atoms with E-state index in [2.05, 4.69) is 6.07 Å². The van der Waals surface area contributed by atoms with Gasteiger partial charge in [0, 0.05) is 13.1 Å². The van der Waals surface area contributed by atoms with Crippen LogP contribution in [0, 0.1) is 11.3 Å². The number of likely N-dealkylation sites (N-methyl/N-ethyl adjacent to an activating group) is 1. The molecule has 1 amide bonds. The van der Waals surface area contributed by atoms with Crippen LogP contribution in [0.15, 0.2) is 0 Å². The molecule has 0 aliphatic carbocycles. The van der Waals surface area contributed by atoms with Crippen LogP contribution in [-0.2, 0) is 4.79 Å². The Bertz CT molecular complexity index is 264. The van der Waals surface area contributed by atoms with Crippen LogP contribution < -0.4 is 0 Å². The molecule has 0 bridgehead atoms. The van der Waals surface area contributed by atoms with Gasteiger partial charge in [-0.25, -0.2) is 0 Å². The summed E-state index contributed by atoms with van der Waals surface area (Å²) in [6, 6.07) is 1.89. The molecule has 0 saturated carbocycles. The van der Waals surface area contributed by atoms with E-state index in [1.54, 1.807) is 4.90 Å². The Morgan fingerprint density at radius 2 is 1.94 bits per heavy atom. The van der Waals surface area contributed by atoms with Crippen molar-refractivity contribution in [3.05, 3.63) is 0 Å². The number of nitriles is 1. The zero-order valence-corrected chi connectivity index (χ0v) is 10.3. The van der Waals surface area contributed by atoms with E-state index in [1.165, 1.54) is 12.8 Å². The van der Waals surface area contributed by atoms with Crippen molar-refractivity contribution in [3.8, 4) is 6.07 Å². The summed E-state index contributed by atoms with van der Waals surface area (Å²) in [7, 11) is 1.82. The van der Waals surface area contributed by atoms with Crippen molar-refractivity contribution in [2.45, 2.75) is 38.6 Å². The van der Waals surface area contributed by atoms with Gasteiger partial charge in [0.25, 0.3) is 0 Å². The number of nitrogens with zero attached hydrogens (tertiary/aromatic N) is 3. The molecule has 0 N–H and O–H groups in total. The average Bonchev–Trinajstić information content (AvgIpc) is 2.56. The number of amides is 1. The fourth-order valence-corrected chi connectivity index (χ4v) is 1.99. The summed E-state index contributed by atoms with van der Waals surface area (Å²) < 4.78 is 0. The standard InChI is InChI=1S/C12H21N3O/c1-11(14(2)10-7-13)12(16)15-8-5-3-4-6-9-15/h11H,3-6,8-10H2,1-2H3. The summed E-state index contributed by atoms with van der Waals surface area (Å²) >= 11 is 0. The Morgan fingerprint density at radius 1 is 1.38 bits per heavy atom. The molecule has 1 aliphatic heterocycles. The molecule has 1 heterocycles. The van der Waals surface area contributed by atoms with E-state index >= 15 is 0 Å². The van der Waals surface area contributed by atoms with Crippen molar-refractivity contribution in [2.75, 3.05) is 26.7 Å². The number of hydrogen-bond acceptors (Lipinski definition) is 3. The highest BCUT2D eigenvalue weighted by Gasteiger charge is 2.23. The monoisotopic (exact) mass is 223 g/mol. The van der Waals surface area contributed by atoms with Crippen LogP contribution in [-0.4, -0.2) is 48.4 Å². The van der Waals surface area contributed by atoms with Crippen molar-refractivity contribution in [1.82, 2.24) is 9.80 Å². The van der Waals surface area contributed by atoms with E-state index in [-0.39, 0.29) is 11.9 Å². The number of carbonyl (C=O) groups is 1. The van der Waals surface area contributed by atoms with Crippen LogP contribution >= 0.6 is 0 Å². The van der Waals surface area contributed by atoms with Crippen LogP contribution in [0.25, 0.3) is 0 Å². The maximum absolute atomic E-state index is 12.1. The van der Waals surface area contributed by atoms with Gasteiger partial charge in [0.2, 0.25) is 5.91 Å². The first-order valence-corrected chi connectivity index (χ1v) is 6.03. The fraction of sp³-hybridized carbons (Fsp3) is 0.833. The van der Waals surface area contributed by atoms with Crippen molar-refractivity contribution in [1.29, 1.82) is 5.26 Å². The molecule has 4 heteroatoms. The van der Waals surface area contributed by atoms with Gasteiger partial charge in [0.1, 0.15) is 0 Å². The topological polar surface area (TPSA) is 47.3 Å². The summed E-state index contributed by atoms with van der Waals surface area (Å²) in [5.74, 6) is 0.166. The molecule has 0 spiro atoms. The van der Waals surface area contributed by atoms with Gasteiger partial charge in [-0.2, -0.15) is 5.26 Å². The second kappa shape index (κ2) is 6.49. The third-order valence-electron chi connectivity index (χ3n) is 3.26. The quantitative estimate of drug-likeness (QED) is 0.676. The van der Waals surface area contributed by atoms with Gasteiger partial charge in [-0.05, 0) is 26.8 Å². The Morgan fingerprint density at radius 3 is 2.44 bits per heavy atom. The lowest BCUT2D eigenvalue weighted by Gasteiger charge is -2.28. The van der Waals surface area contributed by atoms with E-state index in [0.29, 0.717) is 6.54 Å². The Kier molecular flexibility index (Phi) is 5.27. The number of rotatable bonds is 3. The van der Waals surface area contributed by atoms with E-state index in [1.807, 2.05) is 18.9 Å². The van der Waals surface area contributed by atoms with Crippen molar-refractivity contribution >= 4 is 5.91 Å². The van der Waals surface area contributed by atoms with Gasteiger partial charge in [0.15, 0.2) is 0 Å². The molecule has 0 aromatic rings. The molecule has 1 rings (SSSR count). The highest BCUT2D eigenvalue weighted by molar-refractivity contribution is 5.81. The fourth-order valence-electron chi connectivity index (χ4n) is 1.99. The minimum absolute atomic E-state index is 0.166.